The van der Waals surface area contributed by atoms with Gasteiger partial charge in [-0.1, -0.05) is 80.1 Å². The van der Waals surface area contributed by atoms with E-state index in [-0.39, 0.29) is 23.9 Å². The Labute approximate surface area is 149 Å². The summed E-state index contributed by atoms with van der Waals surface area (Å²) in [7, 11) is 0. The summed E-state index contributed by atoms with van der Waals surface area (Å²) in [6, 6.07) is 0. The topological polar surface area (TPSA) is 12.9 Å². The normalized spacial score (nSPS) is 7.80. The van der Waals surface area contributed by atoms with E-state index < -0.39 is 0 Å². The molecule has 4 radical (unpaired) electrons. The molecule has 0 spiro atoms. The monoisotopic (exact) mass is 407 g/mol. The fraction of sp³-hybridized carbons (Fsp3) is 0.824. The fourth-order valence-electron chi connectivity index (χ4n) is 0.361. The largest absolute Gasteiger partial charge is 0.250 e. The van der Waals surface area contributed by atoms with Gasteiger partial charge in [-0.2, -0.15) is 0 Å². The van der Waals surface area contributed by atoms with Gasteiger partial charge in [0.2, 0.25) is 0 Å². The van der Waals surface area contributed by atoms with Crippen molar-refractivity contribution in [3.8, 4) is 0 Å². The van der Waals surface area contributed by atoms with E-state index in [4.69, 9.17) is 0 Å². The first kappa shape index (κ1) is 28.6. The molecule has 0 unspecified atom stereocenters. The number of unbranched alkanes of at least 4 members (excludes halogenated alkanes) is 3. The Hall–Kier alpha value is 0.429. The molecule has 3 heteroatoms. The van der Waals surface area contributed by atoms with Gasteiger partial charge in [-0.3, -0.25) is 0 Å². The molecule has 0 aliphatic carbocycles. The zero-order valence-corrected chi connectivity index (χ0v) is 18.8. The summed E-state index contributed by atoms with van der Waals surface area (Å²) in [4.78, 5) is 5.35. The predicted molar refractivity (Wildman–Crippen MR) is 99.1 cm³/mol. The number of rotatable bonds is 3. The van der Waals surface area contributed by atoms with Crippen molar-refractivity contribution in [3.63, 3.8) is 0 Å². The quantitative estimate of drug-likeness (QED) is 0.503. The molecule has 0 amide bonds. The third-order valence-electron chi connectivity index (χ3n) is 2.49. The predicted octanol–water partition coefficient (Wildman–Crippen LogP) is 6.80. The summed E-state index contributed by atoms with van der Waals surface area (Å²) in [5.41, 5.74) is 3.02. The molecule has 0 aliphatic rings. The number of aromatic nitrogens is 1. The summed E-state index contributed by atoms with van der Waals surface area (Å²) < 4.78 is 0. The minimum Gasteiger partial charge on any atom is -0.250 e. The molecule has 120 valence electrons. The zero-order chi connectivity index (χ0) is 15.5. The molecule has 0 atom stereocenters. The average Bonchev–Trinajstić information content (AvgIpc) is 2.83. The minimum absolute atomic E-state index is 0. The van der Waals surface area contributed by atoms with Crippen LogP contribution in [0.2, 0.25) is 0 Å². The molecule has 1 aromatic rings. The summed E-state index contributed by atoms with van der Waals surface area (Å²) in [6.07, 6.45) is 7.92. The SMILES string of the molecule is CCCC.CCCC.CCCC.Cc1ncsc1C.[Sn]. The molecule has 0 aliphatic heterocycles. The fourth-order valence-corrected chi connectivity index (χ4v) is 0.953. The van der Waals surface area contributed by atoms with Gasteiger partial charge in [-0.25, -0.2) is 4.98 Å². The van der Waals surface area contributed by atoms with E-state index in [9.17, 15) is 0 Å². The third-order valence-corrected chi connectivity index (χ3v) is 3.35. The van der Waals surface area contributed by atoms with Gasteiger partial charge in [0, 0.05) is 28.8 Å². The molecule has 1 heterocycles. The summed E-state index contributed by atoms with van der Waals surface area (Å²) in [5.74, 6) is 0. The Kier molecular flexibility index (Phi) is 39.6. The van der Waals surface area contributed by atoms with Crippen molar-refractivity contribution in [3.05, 3.63) is 16.1 Å². The second-order valence-electron chi connectivity index (χ2n) is 4.49. The smallest absolute Gasteiger partial charge is 0.0797 e. The summed E-state index contributed by atoms with van der Waals surface area (Å²) in [6.45, 7) is 17.2. The molecule has 0 fully saturated rings. The number of nitrogens with zero attached hydrogens (tertiary/aromatic N) is 1. The van der Waals surface area contributed by atoms with Gasteiger partial charge in [-0.15, -0.1) is 11.3 Å². The molecular weight excluding hydrogens is 369 g/mol. The summed E-state index contributed by atoms with van der Waals surface area (Å²) in [5, 5.41) is 0. The maximum Gasteiger partial charge on any atom is 0.0797 e. The van der Waals surface area contributed by atoms with Crippen LogP contribution in [0.15, 0.2) is 5.51 Å². The maximum absolute atomic E-state index is 4.03. The number of thiazole rings is 1. The van der Waals surface area contributed by atoms with Crippen molar-refractivity contribution in [2.75, 3.05) is 0 Å². The molecule has 1 nitrogen and oxygen atoms in total. The zero-order valence-electron chi connectivity index (χ0n) is 15.2. The van der Waals surface area contributed by atoms with Crippen molar-refractivity contribution in [2.24, 2.45) is 0 Å². The molecule has 0 saturated heterocycles. The van der Waals surface area contributed by atoms with Crippen molar-refractivity contribution in [1.82, 2.24) is 4.98 Å². The number of aryl methyl sites for hydroxylation is 2. The van der Waals surface area contributed by atoms with Crippen molar-refractivity contribution in [1.29, 1.82) is 0 Å². The van der Waals surface area contributed by atoms with E-state index in [2.05, 4.69) is 53.5 Å². The van der Waals surface area contributed by atoms with Crippen molar-refractivity contribution >= 4 is 35.2 Å². The Morgan fingerprint density at radius 2 is 1.05 bits per heavy atom. The maximum atomic E-state index is 4.03. The van der Waals surface area contributed by atoms with E-state index >= 15 is 0 Å². The van der Waals surface area contributed by atoms with Crippen LogP contribution >= 0.6 is 11.3 Å². The first-order valence-electron chi connectivity index (χ1n) is 7.91. The van der Waals surface area contributed by atoms with Crippen LogP contribution in [0, 0.1) is 13.8 Å². The van der Waals surface area contributed by atoms with Gasteiger partial charge in [0.15, 0.2) is 0 Å². The van der Waals surface area contributed by atoms with Crippen LogP contribution in [0.3, 0.4) is 0 Å². The second kappa shape index (κ2) is 27.7. The van der Waals surface area contributed by atoms with Gasteiger partial charge in [0.05, 0.1) is 11.2 Å². The van der Waals surface area contributed by atoms with Crippen LogP contribution < -0.4 is 0 Å². The van der Waals surface area contributed by atoms with Crippen LogP contribution in [-0.2, 0) is 0 Å². The van der Waals surface area contributed by atoms with Gasteiger partial charge in [0.1, 0.15) is 0 Å². The summed E-state index contributed by atoms with van der Waals surface area (Å²) >= 11 is 1.69. The van der Waals surface area contributed by atoms with E-state index in [1.54, 1.807) is 11.3 Å². The first-order valence-corrected chi connectivity index (χ1v) is 8.79. The van der Waals surface area contributed by atoms with Gasteiger partial charge in [-0.05, 0) is 13.8 Å². The second-order valence-corrected chi connectivity index (χ2v) is 5.55. The van der Waals surface area contributed by atoms with Crippen LogP contribution in [0.1, 0.15) is 90.6 Å². The van der Waals surface area contributed by atoms with Crippen LogP contribution in [0.4, 0.5) is 0 Å². The molecule has 0 N–H and O–H groups in total. The molecule has 0 bridgehead atoms. The Morgan fingerprint density at radius 1 is 0.750 bits per heavy atom. The van der Waals surface area contributed by atoms with Gasteiger partial charge in [0.25, 0.3) is 0 Å². The number of hydrogen-bond acceptors (Lipinski definition) is 2. The molecule has 0 aromatic carbocycles. The van der Waals surface area contributed by atoms with Crippen molar-refractivity contribution in [2.45, 2.75) is 93.9 Å². The third kappa shape index (κ3) is 31.0. The Morgan fingerprint density at radius 3 is 1.10 bits per heavy atom. The molecule has 1 aromatic heterocycles. The standard InChI is InChI=1S/C5H7NS.3C4H10.Sn/c1-4-5(2)7-3-6-4;3*1-3-4-2;/h3H,1-2H3;3*3-4H2,1-2H3;. The van der Waals surface area contributed by atoms with E-state index in [1.807, 2.05) is 12.4 Å². The van der Waals surface area contributed by atoms with Gasteiger partial charge >= 0.3 is 0 Å². The first-order chi connectivity index (χ1) is 9.05. The minimum atomic E-state index is 0. The van der Waals surface area contributed by atoms with Crippen LogP contribution in [0.5, 0.6) is 0 Å². The van der Waals surface area contributed by atoms with Crippen molar-refractivity contribution < 1.29 is 0 Å². The molecule has 1 rings (SSSR count). The van der Waals surface area contributed by atoms with Crippen LogP contribution in [-0.4, -0.2) is 28.9 Å². The van der Waals surface area contributed by atoms with E-state index in [1.165, 1.54) is 43.4 Å². The van der Waals surface area contributed by atoms with E-state index in [0.717, 1.165) is 5.69 Å². The Balaban J connectivity index is -0.0000000881. The Bertz CT molecular complexity index is 205. The van der Waals surface area contributed by atoms with Gasteiger partial charge < -0.3 is 0 Å². The van der Waals surface area contributed by atoms with Crippen LogP contribution in [0.25, 0.3) is 0 Å². The average molecular weight is 406 g/mol. The van der Waals surface area contributed by atoms with E-state index in [0.29, 0.717) is 0 Å². The molecular formula is C17H37NSSn. The number of hydrogen-bond donors (Lipinski definition) is 0. The molecule has 20 heavy (non-hydrogen) atoms. The molecule has 0 saturated carbocycles.